The van der Waals surface area contributed by atoms with E-state index in [1.54, 1.807) is 25.1 Å². The number of likely N-dealkylation sites (N-methyl/N-ethyl adjacent to an activating group) is 4. The van der Waals surface area contributed by atoms with Crippen LogP contribution in [-0.2, 0) is 83.0 Å². The Labute approximate surface area is 471 Å². The molecule has 0 unspecified atom stereocenters. The summed E-state index contributed by atoms with van der Waals surface area (Å²) in [6, 6.07) is 13.4. The minimum absolute atomic E-state index is 0.0856. The smallest absolute Gasteiger partial charge is 0.329 e. The molecule has 4 amide bonds. The molecular formula is C62H84N4O14. The third-order valence-corrected chi connectivity index (χ3v) is 14.3. The number of benzene rings is 2. The number of hydrogen-bond acceptors (Lipinski definition) is 14. The van der Waals surface area contributed by atoms with Crippen molar-refractivity contribution in [1.29, 1.82) is 0 Å². The maximum absolute atomic E-state index is 15.0. The quantitative estimate of drug-likeness (QED) is 0.0768. The first-order valence-electron chi connectivity index (χ1n) is 27.8. The van der Waals surface area contributed by atoms with E-state index in [1.807, 2.05) is 116 Å². The van der Waals surface area contributed by atoms with Crippen LogP contribution in [0.1, 0.15) is 128 Å². The molecule has 1 saturated heterocycles. The van der Waals surface area contributed by atoms with Gasteiger partial charge in [-0.15, -0.1) is 0 Å². The number of amides is 4. The van der Waals surface area contributed by atoms with Crippen LogP contribution in [0.25, 0.3) is 0 Å². The van der Waals surface area contributed by atoms with E-state index in [1.165, 1.54) is 42.0 Å². The molecule has 0 N–H and O–H groups in total. The maximum Gasteiger partial charge on any atom is 0.329 e. The highest BCUT2D eigenvalue weighted by Gasteiger charge is 2.43. The van der Waals surface area contributed by atoms with Crippen molar-refractivity contribution >= 4 is 47.5 Å². The Balaban J connectivity index is 1.59. The SMILES string of the molecule is CC(C)C[C@H]1C(=O)O[C@H](Cc2ccc(Cc3ccoc3)cc2)C(=O)N(C)[C@@H](CC(C)C)C(=O)O[C@H](C)C(=O)N(C)[C@@H](CC(C)C)C(=O)O[C@H](Cc2ccc(Cc3ccoc3)cc2)C(=O)N(C)[C@@H](CC(C)C)C(=O)O[C@H](C)C(=O)N1C. The zero-order chi connectivity index (χ0) is 59.1. The fourth-order valence-electron chi connectivity index (χ4n) is 9.75. The summed E-state index contributed by atoms with van der Waals surface area (Å²) < 4.78 is 34.7. The van der Waals surface area contributed by atoms with Crippen LogP contribution in [0.4, 0.5) is 0 Å². The van der Waals surface area contributed by atoms with Gasteiger partial charge in [0, 0.05) is 53.9 Å². The number of esters is 4. The molecule has 0 aliphatic carbocycles. The van der Waals surface area contributed by atoms with Gasteiger partial charge in [0.1, 0.15) is 24.2 Å². The van der Waals surface area contributed by atoms with Gasteiger partial charge in [-0.1, -0.05) is 104 Å². The van der Waals surface area contributed by atoms with Gasteiger partial charge in [0.2, 0.25) is 0 Å². The molecule has 0 radical (unpaired) electrons. The normalized spacial score (nSPS) is 23.2. The summed E-state index contributed by atoms with van der Waals surface area (Å²) in [5.74, 6) is -7.39. The number of rotatable bonds is 16. The Morgan fingerprint density at radius 3 is 0.887 bits per heavy atom. The van der Waals surface area contributed by atoms with Crippen LogP contribution in [0.15, 0.2) is 94.6 Å². The van der Waals surface area contributed by atoms with Crippen LogP contribution in [-0.4, -0.2) is 144 Å². The van der Waals surface area contributed by atoms with Gasteiger partial charge < -0.3 is 47.4 Å². The van der Waals surface area contributed by atoms with Crippen molar-refractivity contribution in [3.05, 3.63) is 119 Å². The summed E-state index contributed by atoms with van der Waals surface area (Å²) in [7, 11) is 5.57. The first-order valence-corrected chi connectivity index (χ1v) is 27.8. The number of hydrogen-bond donors (Lipinski definition) is 0. The van der Waals surface area contributed by atoms with Crippen molar-refractivity contribution in [3.8, 4) is 0 Å². The Hall–Kier alpha value is -7.24. The average Bonchev–Trinajstić information content (AvgIpc) is 4.14. The largest absolute Gasteiger partial charge is 0.472 e. The fourth-order valence-corrected chi connectivity index (χ4v) is 9.75. The Kier molecular flexibility index (Phi) is 23.3. The van der Waals surface area contributed by atoms with Crippen LogP contribution in [0.2, 0.25) is 0 Å². The van der Waals surface area contributed by atoms with E-state index < -0.39 is 96.1 Å². The highest BCUT2D eigenvalue weighted by molar-refractivity contribution is 5.94. The lowest BCUT2D eigenvalue weighted by Crippen LogP contribution is -2.55. The van der Waals surface area contributed by atoms with Crippen molar-refractivity contribution < 1.29 is 66.1 Å². The third kappa shape index (κ3) is 17.9. The molecule has 436 valence electrons. The molecule has 0 bridgehead atoms. The van der Waals surface area contributed by atoms with Gasteiger partial charge in [0.25, 0.3) is 23.6 Å². The number of carbonyl (C=O) groups is 8. The lowest BCUT2D eigenvalue weighted by molar-refractivity contribution is -0.176. The molecule has 3 heterocycles. The number of carbonyl (C=O) groups excluding carboxylic acids is 8. The number of ether oxygens (including phenoxy) is 4. The topological polar surface area (TPSA) is 213 Å². The van der Waals surface area contributed by atoms with Crippen LogP contribution in [0.3, 0.4) is 0 Å². The molecule has 0 saturated carbocycles. The van der Waals surface area contributed by atoms with Crippen molar-refractivity contribution in [1.82, 2.24) is 19.6 Å². The molecule has 18 nitrogen and oxygen atoms in total. The summed E-state index contributed by atoms with van der Waals surface area (Å²) in [5.41, 5.74) is 5.08. The molecule has 1 aliphatic heterocycles. The van der Waals surface area contributed by atoms with E-state index in [9.17, 15) is 38.4 Å². The first kappa shape index (κ1) is 63.6. The molecule has 5 rings (SSSR count). The van der Waals surface area contributed by atoms with Gasteiger partial charge in [-0.05, 0) is 109 Å². The monoisotopic (exact) mass is 1110 g/mol. The number of nitrogens with zero attached hydrogens (tertiary/aromatic N) is 4. The molecule has 4 aromatic rings. The molecule has 1 fully saturated rings. The molecule has 80 heavy (non-hydrogen) atoms. The second-order valence-electron chi connectivity index (χ2n) is 23.0. The first-order chi connectivity index (χ1) is 37.7. The van der Waals surface area contributed by atoms with Crippen LogP contribution in [0.5, 0.6) is 0 Å². The van der Waals surface area contributed by atoms with Gasteiger partial charge in [-0.3, -0.25) is 19.2 Å². The third-order valence-electron chi connectivity index (χ3n) is 14.3. The number of cyclic esters (lactones) is 4. The highest BCUT2D eigenvalue weighted by atomic mass is 16.6. The molecule has 0 spiro atoms. The van der Waals surface area contributed by atoms with Gasteiger partial charge in [-0.25, -0.2) is 19.2 Å². The lowest BCUT2D eigenvalue weighted by Gasteiger charge is -2.35. The average molecular weight is 1110 g/mol. The predicted molar refractivity (Wildman–Crippen MR) is 298 cm³/mol. The zero-order valence-corrected chi connectivity index (χ0v) is 49.2. The van der Waals surface area contributed by atoms with Crippen molar-refractivity contribution in [2.75, 3.05) is 28.2 Å². The molecular weight excluding hydrogens is 1020 g/mol. The summed E-state index contributed by atoms with van der Waals surface area (Å²) in [6.07, 6.45) is 1.72. The Bertz CT molecular complexity index is 2480. The fraction of sp³-hybridized carbons (Fsp3) is 0.548. The predicted octanol–water partition coefficient (Wildman–Crippen LogP) is 8.03. The van der Waals surface area contributed by atoms with Crippen LogP contribution < -0.4 is 0 Å². The zero-order valence-electron chi connectivity index (χ0n) is 49.2. The molecule has 2 aromatic carbocycles. The number of furan rings is 2. The summed E-state index contributed by atoms with van der Waals surface area (Å²) in [6.45, 7) is 17.5. The molecule has 8 atom stereocenters. The molecule has 2 aromatic heterocycles. The van der Waals surface area contributed by atoms with E-state index in [0.29, 0.717) is 24.0 Å². The van der Waals surface area contributed by atoms with Crippen molar-refractivity contribution in [2.45, 2.75) is 169 Å². The van der Waals surface area contributed by atoms with E-state index in [2.05, 4.69) is 0 Å². The minimum atomic E-state index is -1.53. The standard InChI is InChI=1S/C62H84N4O14/c1-37(2)27-49-59(71)77-41(9)55(67)63(11)52(30-40(7)8)62(74)80-54(34-46-21-17-44(18-22-46)32-48-24-26-76-36-48)58(70)66(14)50(28-38(3)4)60(72)78-42(10)56(68)64(12)51(29-39(5)6)61(73)79-53(57(69)65(49)13)33-45-19-15-43(16-20-45)31-47-23-25-75-35-47/h15-26,35-42,49-54H,27-34H2,1-14H3/t41-,42-,49+,50+,51+,52+,53-,54-/m1/s1. The van der Waals surface area contributed by atoms with E-state index in [0.717, 1.165) is 41.9 Å². The van der Waals surface area contributed by atoms with Gasteiger partial charge >= 0.3 is 23.9 Å². The lowest BCUT2D eigenvalue weighted by atomic mass is 9.99. The van der Waals surface area contributed by atoms with Gasteiger partial charge in [0.05, 0.1) is 25.1 Å². The van der Waals surface area contributed by atoms with E-state index >= 15 is 0 Å². The van der Waals surface area contributed by atoms with Gasteiger partial charge in [-0.2, -0.15) is 0 Å². The Morgan fingerprint density at radius 1 is 0.362 bits per heavy atom. The maximum atomic E-state index is 15.0. The van der Waals surface area contributed by atoms with E-state index in [-0.39, 0.29) is 62.2 Å². The molecule has 18 heteroatoms. The van der Waals surface area contributed by atoms with E-state index in [4.69, 9.17) is 27.8 Å². The summed E-state index contributed by atoms with van der Waals surface area (Å²) in [4.78, 5) is 122. The highest BCUT2D eigenvalue weighted by Crippen LogP contribution is 2.25. The van der Waals surface area contributed by atoms with Gasteiger partial charge in [0.15, 0.2) is 24.4 Å². The Morgan fingerprint density at radius 2 is 0.625 bits per heavy atom. The summed E-state index contributed by atoms with van der Waals surface area (Å²) in [5, 5.41) is 0. The van der Waals surface area contributed by atoms with Crippen molar-refractivity contribution in [2.24, 2.45) is 23.7 Å². The second kappa shape index (κ2) is 29.3. The minimum Gasteiger partial charge on any atom is -0.472 e. The van der Waals surface area contributed by atoms with Crippen molar-refractivity contribution in [3.63, 3.8) is 0 Å². The summed E-state index contributed by atoms with van der Waals surface area (Å²) >= 11 is 0. The van der Waals surface area contributed by atoms with Crippen LogP contribution in [0, 0.1) is 23.7 Å². The van der Waals surface area contributed by atoms with Crippen LogP contribution >= 0.6 is 0 Å². The second-order valence-corrected chi connectivity index (χ2v) is 23.0. The molecule has 1 aliphatic rings.